The monoisotopic (exact) mass is 366 g/mol. The van der Waals surface area contributed by atoms with E-state index in [2.05, 4.69) is 34.5 Å². The number of carbonyl (C=O) groups excluding carboxylic acids is 1. The first-order valence-electron chi connectivity index (χ1n) is 10.0. The average molecular weight is 366 g/mol. The number of anilines is 1. The lowest BCUT2D eigenvalue weighted by Gasteiger charge is -2.36. The summed E-state index contributed by atoms with van der Waals surface area (Å²) in [6, 6.07) is 15.7. The third-order valence-electron chi connectivity index (χ3n) is 6.02. The molecule has 2 aromatic carbocycles. The van der Waals surface area contributed by atoms with Gasteiger partial charge in [-0.05, 0) is 67.8 Å². The van der Waals surface area contributed by atoms with E-state index in [0.29, 0.717) is 18.4 Å². The van der Waals surface area contributed by atoms with Gasteiger partial charge in [0.2, 0.25) is 5.91 Å². The number of piperidine rings is 1. The molecule has 1 heterocycles. The van der Waals surface area contributed by atoms with E-state index in [9.17, 15) is 9.18 Å². The van der Waals surface area contributed by atoms with E-state index in [1.807, 2.05) is 0 Å². The van der Waals surface area contributed by atoms with Crippen molar-refractivity contribution in [2.75, 3.05) is 18.4 Å². The highest BCUT2D eigenvalue weighted by Crippen LogP contribution is 2.30. The Morgan fingerprint density at radius 2 is 1.78 bits per heavy atom. The SMILES string of the molecule is O=C(CC[C@H]1CCCN(C2Cc3ccccc3C2)C1)Nc1ccccc1F. The summed E-state index contributed by atoms with van der Waals surface area (Å²) >= 11 is 0. The van der Waals surface area contributed by atoms with Gasteiger partial charge in [-0.25, -0.2) is 4.39 Å². The van der Waals surface area contributed by atoms with Gasteiger partial charge in [0, 0.05) is 19.0 Å². The number of para-hydroxylation sites is 1. The molecule has 0 unspecified atom stereocenters. The van der Waals surface area contributed by atoms with Crippen LogP contribution in [0.2, 0.25) is 0 Å². The molecule has 4 heteroatoms. The summed E-state index contributed by atoms with van der Waals surface area (Å²) in [5.41, 5.74) is 3.26. The molecule has 1 amide bonds. The van der Waals surface area contributed by atoms with Crippen LogP contribution in [0.3, 0.4) is 0 Å². The molecule has 1 N–H and O–H groups in total. The molecule has 3 nitrogen and oxygen atoms in total. The fraction of sp³-hybridized carbons (Fsp3) is 0.435. The number of halogens is 1. The Kier molecular flexibility index (Phi) is 5.53. The maximum Gasteiger partial charge on any atom is 0.224 e. The van der Waals surface area contributed by atoms with Gasteiger partial charge < -0.3 is 5.32 Å². The van der Waals surface area contributed by atoms with Crippen molar-refractivity contribution < 1.29 is 9.18 Å². The first-order valence-corrected chi connectivity index (χ1v) is 10.0. The predicted molar refractivity (Wildman–Crippen MR) is 106 cm³/mol. The van der Waals surface area contributed by atoms with Gasteiger partial charge in [0.1, 0.15) is 5.82 Å². The number of fused-ring (bicyclic) bond motifs is 1. The molecule has 142 valence electrons. The van der Waals surface area contributed by atoms with E-state index in [0.717, 1.165) is 32.4 Å². The summed E-state index contributed by atoms with van der Waals surface area (Å²) in [6.07, 6.45) is 6.01. The Bertz CT molecular complexity index is 781. The summed E-state index contributed by atoms with van der Waals surface area (Å²) in [6.45, 7) is 2.24. The van der Waals surface area contributed by atoms with Crippen molar-refractivity contribution in [1.82, 2.24) is 4.90 Å². The number of hydrogen-bond acceptors (Lipinski definition) is 2. The van der Waals surface area contributed by atoms with Crippen molar-refractivity contribution in [3.05, 3.63) is 65.5 Å². The van der Waals surface area contributed by atoms with Gasteiger partial charge in [0.05, 0.1) is 5.69 Å². The van der Waals surface area contributed by atoms with Gasteiger partial charge in [-0.2, -0.15) is 0 Å². The highest BCUT2D eigenvalue weighted by molar-refractivity contribution is 5.90. The normalized spacial score (nSPS) is 20.4. The van der Waals surface area contributed by atoms with Crippen molar-refractivity contribution in [2.45, 2.75) is 44.6 Å². The molecular weight excluding hydrogens is 339 g/mol. The van der Waals surface area contributed by atoms with E-state index >= 15 is 0 Å². The van der Waals surface area contributed by atoms with Gasteiger partial charge in [-0.15, -0.1) is 0 Å². The molecule has 27 heavy (non-hydrogen) atoms. The number of rotatable bonds is 5. The third kappa shape index (κ3) is 4.38. The second-order valence-electron chi connectivity index (χ2n) is 7.90. The Labute approximate surface area is 160 Å². The first-order chi connectivity index (χ1) is 13.2. The van der Waals surface area contributed by atoms with Crippen LogP contribution in [0, 0.1) is 11.7 Å². The topological polar surface area (TPSA) is 32.3 Å². The molecule has 2 aliphatic rings. The molecule has 0 saturated carbocycles. The van der Waals surface area contributed by atoms with Crippen molar-refractivity contribution >= 4 is 11.6 Å². The van der Waals surface area contributed by atoms with Crippen molar-refractivity contribution in [1.29, 1.82) is 0 Å². The highest BCUT2D eigenvalue weighted by Gasteiger charge is 2.30. The minimum absolute atomic E-state index is 0.0921. The van der Waals surface area contributed by atoms with E-state index in [1.165, 1.54) is 30.0 Å². The molecule has 1 aliphatic carbocycles. The maximum absolute atomic E-state index is 13.7. The van der Waals surface area contributed by atoms with Crippen LogP contribution in [-0.2, 0) is 17.6 Å². The molecule has 0 radical (unpaired) electrons. The number of likely N-dealkylation sites (tertiary alicyclic amines) is 1. The Morgan fingerprint density at radius 3 is 2.52 bits per heavy atom. The van der Waals surface area contributed by atoms with Gasteiger partial charge in [-0.1, -0.05) is 36.4 Å². The third-order valence-corrected chi connectivity index (χ3v) is 6.02. The number of nitrogens with zero attached hydrogens (tertiary/aromatic N) is 1. The molecule has 4 rings (SSSR count). The zero-order valence-electron chi connectivity index (χ0n) is 15.7. The van der Waals surface area contributed by atoms with E-state index in [4.69, 9.17) is 0 Å². The number of carbonyl (C=O) groups is 1. The van der Waals surface area contributed by atoms with E-state index < -0.39 is 0 Å². The number of benzene rings is 2. The second-order valence-corrected chi connectivity index (χ2v) is 7.90. The first kappa shape index (κ1) is 18.2. The minimum atomic E-state index is -0.379. The average Bonchev–Trinajstić information content (AvgIpc) is 3.13. The van der Waals surface area contributed by atoms with E-state index in [-0.39, 0.29) is 17.4 Å². The largest absolute Gasteiger partial charge is 0.324 e. The van der Waals surface area contributed by atoms with Crippen LogP contribution in [-0.4, -0.2) is 29.9 Å². The smallest absolute Gasteiger partial charge is 0.224 e. The maximum atomic E-state index is 13.7. The molecule has 2 aromatic rings. The van der Waals surface area contributed by atoms with Gasteiger partial charge in [-0.3, -0.25) is 9.69 Å². The minimum Gasteiger partial charge on any atom is -0.324 e. The van der Waals surface area contributed by atoms with Gasteiger partial charge in [0.25, 0.3) is 0 Å². The van der Waals surface area contributed by atoms with Crippen molar-refractivity contribution in [3.8, 4) is 0 Å². The lowest BCUT2D eigenvalue weighted by Crippen LogP contribution is -2.43. The van der Waals surface area contributed by atoms with Crippen molar-refractivity contribution in [3.63, 3.8) is 0 Å². The Hall–Kier alpha value is -2.20. The van der Waals surface area contributed by atoms with E-state index in [1.54, 1.807) is 18.2 Å². The summed E-state index contributed by atoms with van der Waals surface area (Å²) in [5, 5.41) is 2.70. The predicted octanol–water partition coefficient (Wildman–Crippen LogP) is 4.42. The van der Waals surface area contributed by atoms with Gasteiger partial charge >= 0.3 is 0 Å². The quantitative estimate of drug-likeness (QED) is 0.849. The fourth-order valence-electron chi connectivity index (χ4n) is 4.57. The Balaban J connectivity index is 1.27. The van der Waals surface area contributed by atoms with Crippen molar-refractivity contribution in [2.24, 2.45) is 5.92 Å². The zero-order valence-corrected chi connectivity index (χ0v) is 15.7. The van der Waals surface area contributed by atoms with Crippen LogP contribution in [0.15, 0.2) is 48.5 Å². The second kappa shape index (κ2) is 8.22. The molecule has 1 aliphatic heterocycles. The van der Waals surface area contributed by atoms with Crippen LogP contribution in [0.4, 0.5) is 10.1 Å². The molecule has 1 fully saturated rings. The van der Waals surface area contributed by atoms with Crippen LogP contribution in [0.25, 0.3) is 0 Å². The summed E-state index contributed by atoms with van der Waals surface area (Å²) in [4.78, 5) is 14.8. The molecular formula is C23H27FN2O. The molecule has 0 bridgehead atoms. The number of nitrogens with one attached hydrogen (secondary N) is 1. The fourth-order valence-corrected chi connectivity index (χ4v) is 4.57. The lowest BCUT2D eigenvalue weighted by atomic mass is 9.92. The van der Waals surface area contributed by atoms with Crippen LogP contribution >= 0.6 is 0 Å². The molecule has 0 spiro atoms. The van der Waals surface area contributed by atoms with Gasteiger partial charge in [0.15, 0.2) is 0 Å². The van der Waals surface area contributed by atoms with Crippen LogP contribution in [0.1, 0.15) is 36.8 Å². The molecule has 1 saturated heterocycles. The molecule has 0 aromatic heterocycles. The lowest BCUT2D eigenvalue weighted by molar-refractivity contribution is -0.116. The summed E-state index contributed by atoms with van der Waals surface area (Å²) < 4.78 is 13.7. The summed E-state index contributed by atoms with van der Waals surface area (Å²) in [5.74, 6) is 0.0785. The zero-order chi connectivity index (χ0) is 18.6. The van der Waals surface area contributed by atoms with Crippen LogP contribution < -0.4 is 5.32 Å². The molecule has 1 atom stereocenters. The number of hydrogen-bond donors (Lipinski definition) is 1. The van der Waals surface area contributed by atoms with Crippen LogP contribution in [0.5, 0.6) is 0 Å². The standard InChI is InChI=1S/C23H27FN2O/c24-21-9-3-4-10-22(21)25-23(27)12-11-17-6-5-13-26(16-17)20-14-18-7-1-2-8-19(18)15-20/h1-4,7-10,17,20H,5-6,11-16H2,(H,25,27)/t17-/m1/s1. The summed E-state index contributed by atoms with van der Waals surface area (Å²) in [7, 11) is 0. The Morgan fingerprint density at radius 1 is 1.07 bits per heavy atom. The number of amides is 1. The highest BCUT2D eigenvalue weighted by atomic mass is 19.1.